The topological polar surface area (TPSA) is 117 Å². The Morgan fingerprint density at radius 1 is 1.05 bits per heavy atom. The van der Waals surface area contributed by atoms with E-state index in [0.29, 0.717) is 12.8 Å². The van der Waals surface area contributed by atoms with Crippen molar-refractivity contribution in [3.8, 4) is 0 Å². The summed E-state index contributed by atoms with van der Waals surface area (Å²) in [5, 5.41) is 4.63. The Kier molecular flexibility index (Phi) is 9.47. The Labute approximate surface area is 230 Å². The first kappa shape index (κ1) is 29.1. The molecule has 0 bridgehead atoms. The van der Waals surface area contributed by atoms with E-state index < -0.39 is 26.6 Å². The van der Waals surface area contributed by atoms with Crippen LogP contribution in [0.1, 0.15) is 71.6 Å². The number of amides is 2. The van der Waals surface area contributed by atoms with Crippen molar-refractivity contribution in [1.82, 2.24) is 15.3 Å². The Morgan fingerprint density at radius 2 is 1.70 bits per heavy atom. The van der Waals surface area contributed by atoms with Crippen LogP contribution in [0.5, 0.6) is 0 Å². The summed E-state index contributed by atoms with van der Waals surface area (Å²) in [5.41, 5.74) is 3.43. The fourth-order valence-electron chi connectivity index (χ4n) is 6.87. The van der Waals surface area contributed by atoms with E-state index in [4.69, 9.17) is 33.0 Å². The molecule has 1 aliphatic heterocycles. The SMILES string of the molecule is CC1CC(C2=NN(C)C(=O)C3CCCCC23)CC(C)C1OCC(=O)NNS(=O)(=O)C1CC(Cl)CCC1Cl. The van der Waals surface area contributed by atoms with Crippen molar-refractivity contribution < 1.29 is 22.7 Å². The molecule has 0 saturated heterocycles. The molecule has 3 saturated carbocycles. The van der Waals surface area contributed by atoms with Gasteiger partial charge in [-0.1, -0.05) is 26.7 Å². The largest absolute Gasteiger partial charge is 0.368 e. The number of alkyl halides is 2. The first-order valence-electron chi connectivity index (χ1n) is 13.5. The van der Waals surface area contributed by atoms with Gasteiger partial charge in [0.15, 0.2) is 0 Å². The summed E-state index contributed by atoms with van der Waals surface area (Å²) < 4.78 is 31.3. The standard InChI is InChI=1S/C25H40Cl2N4O5S/c1-14-10-16(23-18-6-4-5-7-19(18)25(33)31(3)29-23)11-15(2)24(14)36-13-22(32)28-30-37(34,35)21-12-17(26)8-9-20(21)27/h14-21,24,30H,4-13H2,1-3H3,(H,28,32). The number of ether oxygens (including phenoxy) is 1. The number of nitrogens with zero attached hydrogens (tertiary/aromatic N) is 2. The molecule has 2 N–H and O–H groups in total. The minimum Gasteiger partial charge on any atom is -0.368 e. The summed E-state index contributed by atoms with van der Waals surface area (Å²) in [6, 6.07) is 0. The highest BCUT2D eigenvalue weighted by Crippen LogP contribution is 2.43. The van der Waals surface area contributed by atoms with Crippen molar-refractivity contribution in [3.63, 3.8) is 0 Å². The molecule has 2 amide bonds. The molecular weight excluding hydrogens is 539 g/mol. The molecule has 7 unspecified atom stereocenters. The Hall–Kier alpha value is -0.940. The molecule has 7 atom stereocenters. The van der Waals surface area contributed by atoms with Crippen LogP contribution in [0.15, 0.2) is 5.10 Å². The Morgan fingerprint density at radius 3 is 2.38 bits per heavy atom. The smallest absolute Gasteiger partial charge is 0.260 e. The van der Waals surface area contributed by atoms with Gasteiger partial charge in [-0.2, -0.15) is 5.10 Å². The molecule has 210 valence electrons. The van der Waals surface area contributed by atoms with Crippen LogP contribution in [0, 0.1) is 29.6 Å². The number of sulfonamides is 1. The second kappa shape index (κ2) is 12.1. The summed E-state index contributed by atoms with van der Waals surface area (Å²) in [6.45, 7) is 4.00. The molecule has 0 radical (unpaired) electrons. The van der Waals surface area contributed by atoms with Crippen LogP contribution in [0.2, 0.25) is 0 Å². The van der Waals surface area contributed by atoms with Crippen molar-refractivity contribution in [1.29, 1.82) is 0 Å². The monoisotopic (exact) mass is 578 g/mol. The van der Waals surface area contributed by atoms with Gasteiger partial charge in [0.05, 0.1) is 16.7 Å². The molecule has 4 rings (SSSR count). The summed E-state index contributed by atoms with van der Waals surface area (Å²) in [7, 11) is -2.10. The third kappa shape index (κ3) is 6.62. The third-order valence-corrected chi connectivity index (χ3v) is 11.5. The second-order valence-corrected chi connectivity index (χ2v) is 14.5. The molecular formula is C25H40Cl2N4O5S. The van der Waals surface area contributed by atoms with Crippen LogP contribution < -0.4 is 10.3 Å². The highest BCUT2D eigenvalue weighted by molar-refractivity contribution is 7.90. The van der Waals surface area contributed by atoms with Crippen molar-refractivity contribution in [3.05, 3.63) is 0 Å². The maximum atomic E-state index is 12.7. The predicted octanol–water partition coefficient (Wildman–Crippen LogP) is 3.41. The summed E-state index contributed by atoms with van der Waals surface area (Å²) >= 11 is 12.4. The number of hydrazine groups is 1. The minimum absolute atomic E-state index is 0.0522. The fraction of sp³-hybridized carbons (Fsp3) is 0.880. The number of fused-ring (bicyclic) bond motifs is 1. The van der Waals surface area contributed by atoms with Crippen LogP contribution in [-0.4, -0.2) is 66.7 Å². The van der Waals surface area contributed by atoms with Crippen LogP contribution in [-0.2, 0) is 24.3 Å². The highest BCUT2D eigenvalue weighted by Gasteiger charge is 2.45. The van der Waals surface area contributed by atoms with Crippen molar-refractivity contribution in [2.75, 3.05) is 13.7 Å². The van der Waals surface area contributed by atoms with Gasteiger partial charge < -0.3 is 4.74 Å². The summed E-state index contributed by atoms with van der Waals surface area (Å²) in [6.07, 6.45) is 7.25. The van der Waals surface area contributed by atoms with Crippen molar-refractivity contribution in [2.24, 2.45) is 34.7 Å². The molecule has 0 aromatic rings. The van der Waals surface area contributed by atoms with Gasteiger partial charge >= 0.3 is 0 Å². The number of carbonyl (C=O) groups is 2. The number of halogens is 2. The highest BCUT2D eigenvalue weighted by atomic mass is 35.5. The number of nitrogens with one attached hydrogen (secondary N) is 2. The molecule has 12 heteroatoms. The molecule has 1 heterocycles. The molecule has 3 aliphatic carbocycles. The van der Waals surface area contributed by atoms with Gasteiger partial charge in [0.2, 0.25) is 15.9 Å². The van der Waals surface area contributed by atoms with E-state index >= 15 is 0 Å². The second-order valence-electron chi connectivity index (χ2n) is 11.4. The van der Waals surface area contributed by atoms with E-state index in [0.717, 1.165) is 44.2 Å². The first-order chi connectivity index (χ1) is 17.5. The van der Waals surface area contributed by atoms with Crippen LogP contribution >= 0.6 is 23.2 Å². The van der Waals surface area contributed by atoms with E-state index in [1.54, 1.807) is 7.05 Å². The van der Waals surface area contributed by atoms with Crippen LogP contribution in [0.25, 0.3) is 0 Å². The van der Waals surface area contributed by atoms with Gasteiger partial charge in [-0.25, -0.2) is 13.4 Å². The number of hydrogen-bond acceptors (Lipinski definition) is 6. The number of hydrazone groups is 1. The zero-order valence-corrected chi connectivity index (χ0v) is 24.2. The quantitative estimate of drug-likeness (QED) is 0.354. The molecule has 37 heavy (non-hydrogen) atoms. The van der Waals surface area contributed by atoms with Gasteiger partial charge in [-0.3, -0.25) is 15.0 Å². The van der Waals surface area contributed by atoms with Gasteiger partial charge in [-0.15, -0.1) is 28.0 Å². The molecule has 0 aromatic heterocycles. The Bertz CT molecular complexity index is 984. The van der Waals surface area contributed by atoms with Crippen LogP contribution in [0.4, 0.5) is 0 Å². The van der Waals surface area contributed by atoms with E-state index in [1.165, 1.54) is 5.01 Å². The normalized spacial score (nSPS) is 39.1. The maximum Gasteiger partial charge on any atom is 0.260 e. The lowest BCUT2D eigenvalue weighted by molar-refractivity contribution is -0.137. The van der Waals surface area contributed by atoms with Crippen LogP contribution in [0.3, 0.4) is 0 Å². The molecule has 9 nitrogen and oxygen atoms in total. The molecule has 0 spiro atoms. The van der Waals surface area contributed by atoms with E-state index in [9.17, 15) is 18.0 Å². The minimum atomic E-state index is -3.86. The third-order valence-electron chi connectivity index (χ3n) is 8.69. The molecule has 3 fully saturated rings. The number of carbonyl (C=O) groups excluding carboxylic acids is 2. The lowest BCUT2D eigenvalue weighted by Gasteiger charge is -2.44. The van der Waals surface area contributed by atoms with E-state index in [1.807, 2.05) is 0 Å². The maximum absolute atomic E-state index is 12.7. The van der Waals surface area contributed by atoms with Crippen molar-refractivity contribution in [2.45, 2.75) is 93.7 Å². The zero-order valence-electron chi connectivity index (χ0n) is 21.9. The predicted molar refractivity (Wildman–Crippen MR) is 144 cm³/mol. The Balaban J connectivity index is 1.29. The number of rotatable bonds is 7. The summed E-state index contributed by atoms with van der Waals surface area (Å²) in [5.74, 6) is 0.533. The lowest BCUT2D eigenvalue weighted by atomic mass is 9.66. The lowest BCUT2D eigenvalue weighted by Crippen LogP contribution is -2.51. The van der Waals surface area contributed by atoms with Gasteiger partial charge in [0.1, 0.15) is 6.61 Å². The van der Waals surface area contributed by atoms with Gasteiger partial charge in [0.25, 0.3) is 5.91 Å². The van der Waals surface area contributed by atoms with Crippen molar-refractivity contribution >= 4 is 50.8 Å². The average molecular weight is 580 g/mol. The average Bonchev–Trinajstić information content (AvgIpc) is 2.85. The van der Waals surface area contributed by atoms with Gasteiger partial charge in [-0.05, 0) is 56.8 Å². The van der Waals surface area contributed by atoms with E-state index in [2.05, 4.69) is 24.1 Å². The van der Waals surface area contributed by atoms with Gasteiger partial charge in [0, 0.05) is 35.9 Å². The first-order valence-corrected chi connectivity index (χ1v) is 15.9. The molecule has 4 aliphatic rings. The fourth-order valence-corrected chi connectivity index (χ4v) is 9.35. The van der Waals surface area contributed by atoms with E-state index in [-0.39, 0.29) is 60.0 Å². The summed E-state index contributed by atoms with van der Waals surface area (Å²) in [4.78, 5) is 27.3. The zero-order chi connectivity index (χ0) is 26.9. The molecule has 0 aromatic carbocycles. The number of hydrogen-bond donors (Lipinski definition) is 2.